The van der Waals surface area contributed by atoms with E-state index in [9.17, 15) is 4.79 Å². The Bertz CT molecular complexity index is 821. The Kier molecular flexibility index (Phi) is 5.79. The van der Waals surface area contributed by atoms with E-state index in [1.165, 1.54) is 0 Å². The summed E-state index contributed by atoms with van der Waals surface area (Å²) in [5.41, 5.74) is 0.810. The van der Waals surface area contributed by atoms with Crippen molar-refractivity contribution in [2.45, 2.75) is 26.3 Å². The highest BCUT2D eigenvalue weighted by Gasteiger charge is 2.14. The first-order valence-electron chi connectivity index (χ1n) is 8.79. The van der Waals surface area contributed by atoms with Crippen molar-refractivity contribution < 1.29 is 18.7 Å². The van der Waals surface area contributed by atoms with E-state index < -0.39 is 0 Å². The van der Waals surface area contributed by atoms with Crippen LogP contribution in [-0.2, 0) is 4.79 Å². The zero-order valence-corrected chi connectivity index (χ0v) is 15.0. The molecule has 0 saturated carbocycles. The Morgan fingerprint density at radius 1 is 1.08 bits per heavy atom. The third-order valence-corrected chi connectivity index (χ3v) is 3.92. The molecule has 0 fully saturated rings. The van der Waals surface area contributed by atoms with Gasteiger partial charge in [0.05, 0.1) is 12.6 Å². The standard InChI is InChI=1S/C21H23NO4/c1-3-12-24-17-8-10-18(11-9-17)25-14-21(23)22-15(2)20-13-16-6-4-5-7-19(16)26-20/h4-11,13,15H,3,12,14H2,1-2H3,(H,22,23). The summed E-state index contributed by atoms with van der Waals surface area (Å²) in [6.45, 7) is 4.57. The van der Waals surface area contributed by atoms with Crippen LogP contribution in [0.25, 0.3) is 11.0 Å². The number of rotatable bonds is 8. The SMILES string of the molecule is CCCOc1ccc(OCC(=O)NC(C)c2cc3ccccc3o2)cc1. The zero-order chi connectivity index (χ0) is 18.4. The van der Waals surface area contributed by atoms with Crippen molar-refractivity contribution in [2.24, 2.45) is 0 Å². The molecule has 0 bridgehead atoms. The van der Waals surface area contributed by atoms with Crippen molar-refractivity contribution in [3.05, 3.63) is 60.4 Å². The van der Waals surface area contributed by atoms with Gasteiger partial charge in [-0.3, -0.25) is 4.79 Å². The number of benzene rings is 2. The van der Waals surface area contributed by atoms with Crippen LogP contribution in [0, 0.1) is 0 Å². The molecule has 2 aromatic carbocycles. The Morgan fingerprint density at radius 3 is 2.46 bits per heavy atom. The van der Waals surface area contributed by atoms with Gasteiger partial charge in [-0.05, 0) is 49.7 Å². The number of ether oxygens (including phenoxy) is 2. The van der Waals surface area contributed by atoms with Crippen molar-refractivity contribution in [1.29, 1.82) is 0 Å². The quantitative estimate of drug-likeness (QED) is 0.649. The van der Waals surface area contributed by atoms with Crippen LogP contribution in [0.1, 0.15) is 32.1 Å². The van der Waals surface area contributed by atoms with Crippen molar-refractivity contribution in [3.63, 3.8) is 0 Å². The zero-order valence-electron chi connectivity index (χ0n) is 15.0. The largest absolute Gasteiger partial charge is 0.494 e. The number of hydrogen-bond acceptors (Lipinski definition) is 4. The van der Waals surface area contributed by atoms with Crippen LogP contribution in [0.2, 0.25) is 0 Å². The first-order valence-corrected chi connectivity index (χ1v) is 8.79. The predicted octanol–water partition coefficient (Wildman–Crippen LogP) is 4.48. The third kappa shape index (κ3) is 4.57. The van der Waals surface area contributed by atoms with Gasteiger partial charge in [0.15, 0.2) is 6.61 Å². The van der Waals surface area contributed by atoms with Gasteiger partial charge in [0.25, 0.3) is 5.91 Å². The monoisotopic (exact) mass is 353 g/mol. The Labute approximate surface area is 152 Å². The van der Waals surface area contributed by atoms with Crippen molar-refractivity contribution >= 4 is 16.9 Å². The normalized spacial score (nSPS) is 11.9. The number of carbonyl (C=O) groups excluding carboxylic acids is 1. The van der Waals surface area contributed by atoms with Crippen LogP contribution >= 0.6 is 0 Å². The number of nitrogens with one attached hydrogen (secondary N) is 1. The third-order valence-electron chi connectivity index (χ3n) is 3.92. The van der Waals surface area contributed by atoms with Gasteiger partial charge in [-0.15, -0.1) is 0 Å². The van der Waals surface area contributed by atoms with Crippen molar-refractivity contribution in [2.75, 3.05) is 13.2 Å². The summed E-state index contributed by atoms with van der Waals surface area (Å²) < 4.78 is 16.8. The molecule has 1 unspecified atom stereocenters. The summed E-state index contributed by atoms with van der Waals surface area (Å²) in [6, 6.07) is 16.7. The molecule has 5 heteroatoms. The summed E-state index contributed by atoms with van der Waals surface area (Å²) in [4.78, 5) is 12.1. The molecule has 0 spiro atoms. The highest BCUT2D eigenvalue weighted by molar-refractivity contribution is 5.79. The molecule has 0 radical (unpaired) electrons. The molecule has 0 saturated heterocycles. The van der Waals surface area contributed by atoms with Gasteiger partial charge < -0.3 is 19.2 Å². The summed E-state index contributed by atoms with van der Waals surface area (Å²) in [5, 5.41) is 3.90. The van der Waals surface area contributed by atoms with E-state index in [1.54, 1.807) is 12.1 Å². The number of carbonyl (C=O) groups is 1. The van der Waals surface area contributed by atoms with Gasteiger partial charge in [-0.2, -0.15) is 0 Å². The first kappa shape index (κ1) is 17.9. The maximum Gasteiger partial charge on any atom is 0.258 e. The Morgan fingerprint density at radius 2 is 1.77 bits per heavy atom. The van der Waals surface area contributed by atoms with E-state index in [1.807, 2.05) is 49.4 Å². The fourth-order valence-corrected chi connectivity index (χ4v) is 2.57. The number of hydrogen-bond donors (Lipinski definition) is 1. The van der Waals surface area contributed by atoms with E-state index in [4.69, 9.17) is 13.9 Å². The summed E-state index contributed by atoms with van der Waals surface area (Å²) in [5.74, 6) is 1.93. The Balaban J connectivity index is 1.50. The molecule has 0 aliphatic carbocycles. The average Bonchev–Trinajstić information content (AvgIpc) is 3.10. The second-order valence-corrected chi connectivity index (χ2v) is 6.08. The summed E-state index contributed by atoms with van der Waals surface area (Å²) >= 11 is 0. The fraction of sp³-hybridized carbons (Fsp3) is 0.286. The van der Waals surface area contributed by atoms with Crippen LogP contribution in [0.5, 0.6) is 11.5 Å². The van der Waals surface area contributed by atoms with Gasteiger partial charge in [0.1, 0.15) is 22.8 Å². The second-order valence-electron chi connectivity index (χ2n) is 6.08. The van der Waals surface area contributed by atoms with Crippen molar-refractivity contribution in [1.82, 2.24) is 5.32 Å². The van der Waals surface area contributed by atoms with Gasteiger partial charge in [0, 0.05) is 5.39 Å². The molecular weight excluding hydrogens is 330 g/mol. The number of fused-ring (bicyclic) bond motifs is 1. The lowest BCUT2D eigenvalue weighted by Crippen LogP contribution is -2.31. The lowest BCUT2D eigenvalue weighted by Gasteiger charge is -2.12. The fourth-order valence-electron chi connectivity index (χ4n) is 2.57. The maximum atomic E-state index is 12.1. The average molecular weight is 353 g/mol. The molecule has 1 heterocycles. The number of furan rings is 1. The van der Waals surface area contributed by atoms with Crippen molar-refractivity contribution in [3.8, 4) is 11.5 Å². The van der Waals surface area contributed by atoms with Gasteiger partial charge in [-0.1, -0.05) is 25.1 Å². The van der Waals surface area contributed by atoms with Crippen LogP contribution in [0.3, 0.4) is 0 Å². The van der Waals surface area contributed by atoms with E-state index in [0.717, 1.165) is 28.9 Å². The second kappa shape index (κ2) is 8.43. The van der Waals surface area contributed by atoms with Crippen LogP contribution in [-0.4, -0.2) is 19.1 Å². The maximum absolute atomic E-state index is 12.1. The Hall–Kier alpha value is -2.95. The molecule has 136 valence electrons. The number of para-hydroxylation sites is 1. The minimum Gasteiger partial charge on any atom is -0.494 e. The van der Waals surface area contributed by atoms with Crippen LogP contribution < -0.4 is 14.8 Å². The highest BCUT2D eigenvalue weighted by Crippen LogP contribution is 2.23. The molecule has 1 amide bonds. The minimum atomic E-state index is -0.233. The highest BCUT2D eigenvalue weighted by atomic mass is 16.5. The molecule has 0 aliphatic heterocycles. The van der Waals surface area contributed by atoms with Gasteiger partial charge in [0.2, 0.25) is 0 Å². The topological polar surface area (TPSA) is 60.7 Å². The lowest BCUT2D eigenvalue weighted by atomic mass is 10.2. The molecule has 1 aromatic heterocycles. The molecule has 26 heavy (non-hydrogen) atoms. The lowest BCUT2D eigenvalue weighted by molar-refractivity contribution is -0.123. The number of amides is 1. The van der Waals surface area contributed by atoms with Crippen LogP contribution in [0.15, 0.2) is 59.0 Å². The molecular formula is C21H23NO4. The molecule has 5 nitrogen and oxygen atoms in total. The first-order chi connectivity index (χ1) is 12.7. The minimum absolute atomic E-state index is 0.0558. The van der Waals surface area contributed by atoms with E-state index >= 15 is 0 Å². The molecule has 3 rings (SSSR count). The van der Waals surface area contributed by atoms with Gasteiger partial charge >= 0.3 is 0 Å². The van der Waals surface area contributed by atoms with E-state index in [0.29, 0.717) is 12.4 Å². The molecule has 1 N–H and O–H groups in total. The molecule has 1 atom stereocenters. The molecule has 0 aliphatic rings. The molecule has 3 aromatic rings. The predicted molar refractivity (Wildman–Crippen MR) is 100 cm³/mol. The summed E-state index contributed by atoms with van der Waals surface area (Å²) in [6.07, 6.45) is 0.960. The van der Waals surface area contributed by atoms with Crippen LogP contribution in [0.4, 0.5) is 0 Å². The van der Waals surface area contributed by atoms with Gasteiger partial charge in [-0.25, -0.2) is 0 Å². The van der Waals surface area contributed by atoms with E-state index in [-0.39, 0.29) is 18.6 Å². The summed E-state index contributed by atoms with van der Waals surface area (Å²) in [7, 11) is 0. The van der Waals surface area contributed by atoms with E-state index in [2.05, 4.69) is 12.2 Å². The smallest absolute Gasteiger partial charge is 0.258 e.